The van der Waals surface area contributed by atoms with Gasteiger partial charge in [0, 0.05) is 30.9 Å². The fourth-order valence-electron chi connectivity index (χ4n) is 2.90. The smallest absolute Gasteiger partial charge is 0.225 e. The third-order valence-corrected chi connectivity index (χ3v) is 4.01. The SMILES string of the molecule is Cc1cnc(N2CCC(c3ccccc3)C2C)nc1. The summed E-state index contributed by atoms with van der Waals surface area (Å²) >= 11 is 0. The van der Waals surface area contributed by atoms with E-state index in [1.54, 1.807) is 0 Å². The highest BCUT2D eigenvalue weighted by molar-refractivity contribution is 5.37. The minimum atomic E-state index is 0.449. The van der Waals surface area contributed by atoms with E-state index in [1.165, 1.54) is 12.0 Å². The first-order valence-electron chi connectivity index (χ1n) is 6.86. The van der Waals surface area contributed by atoms with E-state index in [1.807, 2.05) is 19.3 Å². The maximum Gasteiger partial charge on any atom is 0.225 e. The van der Waals surface area contributed by atoms with Crippen molar-refractivity contribution in [3.05, 3.63) is 53.9 Å². The average Bonchev–Trinajstić information content (AvgIpc) is 2.83. The molecule has 3 rings (SSSR count). The molecule has 0 spiro atoms. The van der Waals surface area contributed by atoms with Crippen LogP contribution in [0.15, 0.2) is 42.7 Å². The molecule has 2 aromatic rings. The molecule has 1 fully saturated rings. The van der Waals surface area contributed by atoms with Gasteiger partial charge in [-0.2, -0.15) is 0 Å². The lowest BCUT2D eigenvalue weighted by Crippen LogP contribution is -2.30. The zero-order chi connectivity index (χ0) is 13.2. The number of aromatic nitrogens is 2. The number of nitrogens with zero attached hydrogens (tertiary/aromatic N) is 3. The van der Waals surface area contributed by atoms with E-state index < -0.39 is 0 Å². The zero-order valence-electron chi connectivity index (χ0n) is 11.5. The molecule has 3 heteroatoms. The zero-order valence-corrected chi connectivity index (χ0v) is 11.5. The van der Waals surface area contributed by atoms with Gasteiger partial charge in [0.25, 0.3) is 0 Å². The summed E-state index contributed by atoms with van der Waals surface area (Å²) in [4.78, 5) is 11.2. The first-order chi connectivity index (χ1) is 9.25. The van der Waals surface area contributed by atoms with Crippen molar-refractivity contribution in [1.29, 1.82) is 0 Å². The molecule has 0 radical (unpaired) electrons. The average molecular weight is 253 g/mol. The Hall–Kier alpha value is -1.90. The molecular weight excluding hydrogens is 234 g/mol. The fourth-order valence-corrected chi connectivity index (χ4v) is 2.90. The van der Waals surface area contributed by atoms with Crippen molar-refractivity contribution in [3.8, 4) is 0 Å². The van der Waals surface area contributed by atoms with Crippen LogP contribution in [-0.2, 0) is 0 Å². The van der Waals surface area contributed by atoms with Crippen molar-refractivity contribution in [2.75, 3.05) is 11.4 Å². The molecule has 1 aliphatic heterocycles. The summed E-state index contributed by atoms with van der Waals surface area (Å²) in [5.41, 5.74) is 2.53. The molecule has 0 bridgehead atoms. The molecule has 0 aliphatic carbocycles. The number of hydrogen-bond acceptors (Lipinski definition) is 3. The molecule has 98 valence electrons. The molecule has 2 heterocycles. The Kier molecular flexibility index (Phi) is 3.20. The molecule has 2 atom stereocenters. The van der Waals surface area contributed by atoms with Crippen LogP contribution in [0, 0.1) is 6.92 Å². The number of anilines is 1. The molecule has 1 aromatic carbocycles. The molecule has 1 saturated heterocycles. The van der Waals surface area contributed by atoms with Gasteiger partial charge in [-0.1, -0.05) is 30.3 Å². The molecule has 19 heavy (non-hydrogen) atoms. The van der Waals surface area contributed by atoms with Gasteiger partial charge in [-0.05, 0) is 31.4 Å². The van der Waals surface area contributed by atoms with Crippen LogP contribution in [0.5, 0.6) is 0 Å². The summed E-state index contributed by atoms with van der Waals surface area (Å²) in [6.07, 6.45) is 4.96. The highest BCUT2D eigenvalue weighted by Gasteiger charge is 2.32. The monoisotopic (exact) mass is 253 g/mol. The Balaban J connectivity index is 1.82. The first kappa shape index (κ1) is 12.2. The van der Waals surface area contributed by atoms with E-state index in [0.29, 0.717) is 12.0 Å². The van der Waals surface area contributed by atoms with Crippen molar-refractivity contribution >= 4 is 5.95 Å². The van der Waals surface area contributed by atoms with Crippen LogP contribution in [-0.4, -0.2) is 22.6 Å². The molecule has 0 amide bonds. The second kappa shape index (κ2) is 5.00. The van der Waals surface area contributed by atoms with Gasteiger partial charge in [0.15, 0.2) is 0 Å². The summed E-state index contributed by atoms with van der Waals surface area (Å²) in [6, 6.07) is 11.2. The summed E-state index contributed by atoms with van der Waals surface area (Å²) in [6.45, 7) is 5.32. The summed E-state index contributed by atoms with van der Waals surface area (Å²) < 4.78 is 0. The quantitative estimate of drug-likeness (QED) is 0.823. The molecule has 0 saturated carbocycles. The van der Waals surface area contributed by atoms with Gasteiger partial charge in [0.1, 0.15) is 0 Å². The Morgan fingerprint density at radius 2 is 1.79 bits per heavy atom. The normalized spacial score (nSPS) is 22.7. The van der Waals surface area contributed by atoms with E-state index in [0.717, 1.165) is 18.1 Å². The van der Waals surface area contributed by atoms with Crippen molar-refractivity contribution in [3.63, 3.8) is 0 Å². The maximum absolute atomic E-state index is 4.45. The van der Waals surface area contributed by atoms with Gasteiger partial charge < -0.3 is 4.90 Å². The third-order valence-electron chi connectivity index (χ3n) is 4.01. The molecule has 0 N–H and O–H groups in total. The molecule has 1 aromatic heterocycles. The number of hydrogen-bond donors (Lipinski definition) is 0. The van der Waals surface area contributed by atoms with Crippen LogP contribution in [0.2, 0.25) is 0 Å². The van der Waals surface area contributed by atoms with Crippen LogP contribution >= 0.6 is 0 Å². The van der Waals surface area contributed by atoms with Gasteiger partial charge in [-0.3, -0.25) is 0 Å². The Morgan fingerprint density at radius 3 is 2.47 bits per heavy atom. The standard InChI is InChI=1S/C16H19N3/c1-12-10-17-16(18-11-12)19-9-8-15(13(19)2)14-6-4-3-5-7-14/h3-7,10-11,13,15H,8-9H2,1-2H3. The van der Waals surface area contributed by atoms with Crippen molar-refractivity contribution in [2.45, 2.75) is 32.2 Å². The molecule has 3 nitrogen and oxygen atoms in total. The predicted octanol–water partition coefficient (Wildman–Crippen LogP) is 3.17. The van der Waals surface area contributed by atoms with Gasteiger partial charge in [0.2, 0.25) is 5.95 Å². The van der Waals surface area contributed by atoms with Gasteiger partial charge >= 0.3 is 0 Å². The van der Waals surface area contributed by atoms with E-state index >= 15 is 0 Å². The van der Waals surface area contributed by atoms with E-state index in [4.69, 9.17) is 0 Å². The van der Waals surface area contributed by atoms with Crippen LogP contribution in [0.4, 0.5) is 5.95 Å². The second-order valence-electron chi connectivity index (χ2n) is 5.30. The minimum absolute atomic E-state index is 0.449. The largest absolute Gasteiger partial charge is 0.337 e. The van der Waals surface area contributed by atoms with E-state index in [-0.39, 0.29) is 0 Å². The number of benzene rings is 1. The fraction of sp³-hybridized carbons (Fsp3) is 0.375. The molecule has 1 aliphatic rings. The van der Waals surface area contributed by atoms with Crippen LogP contribution in [0.1, 0.15) is 30.4 Å². The predicted molar refractivity (Wildman–Crippen MR) is 77.4 cm³/mol. The Labute approximate surface area is 114 Å². The lowest BCUT2D eigenvalue weighted by Gasteiger charge is -2.24. The second-order valence-corrected chi connectivity index (χ2v) is 5.30. The van der Waals surface area contributed by atoms with E-state index in [2.05, 4.69) is 52.1 Å². The maximum atomic E-state index is 4.45. The van der Waals surface area contributed by atoms with Crippen LogP contribution in [0.3, 0.4) is 0 Å². The molecular formula is C16H19N3. The van der Waals surface area contributed by atoms with Crippen LogP contribution in [0.25, 0.3) is 0 Å². The number of rotatable bonds is 2. The minimum Gasteiger partial charge on any atom is -0.337 e. The summed E-state index contributed by atoms with van der Waals surface area (Å²) in [5, 5.41) is 0. The number of aryl methyl sites for hydroxylation is 1. The highest BCUT2D eigenvalue weighted by atomic mass is 15.3. The topological polar surface area (TPSA) is 29.0 Å². The van der Waals surface area contributed by atoms with Gasteiger partial charge in [-0.15, -0.1) is 0 Å². The highest BCUT2D eigenvalue weighted by Crippen LogP contribution is 2.34. The first-order valence-corrected chi connectivity index (χ1v) is 6.86. The van der Waals surface area contributed by atoms with Gasteiger partial charge in [-0.25, -0.2) is 9.97 Å². The Morgan fingerprint density at radius 1 is 1.11 bits per heavy atom. The summed E-state index contributed by atoms with van der Waals surface area (Å²) in [7, 11) is 0. The lowest BCUT2D eigenvalue weighted by atomic mass is 9.93. The lowest BCUT2D eigenvalue weighted by molar-refractivity contribution is 0.628. The Bertz CT molecular complexity index is 536. The van der Waals surface area contributed by atoms with E-state index in [9.17, 15) is 0 Å². The van der Waals surface area contributed by atoms with Gasteiger partial charge in [0.05, 0.1) is 0 Å². The summed E-state index contributed by atoms with van der Waals surface area (Å²) in [5.74, 6) is 1.43. The van der Waals surface area contributed by atoms with Crippen molar-refractivity contribution in [1.82, 2.24) is 9.97 Å². The third kappa shape index (κ3) is 2.33. The molecule has 2 unspecified atom stereocenters. The van der Waals surface area contributed by atoms with Crippen molar-refractivity contribution in [2.24, 2.45) is 0 Å². The van der Waals surface area contributed by atoms with Crippen molar-refractivity contribution < 1.29 is 0 Å². The van der Waals surface area contributed by atoms with Crippen LogP contribution < -0.4 is 4.90 Å².